The van der Waals surface area contributed by atoms with E-state index in [0.29, 0.717) is 24.2 Å². The van der Waals surface area contributed by atoms with Gasteiger partial charge >= 0.3 is 5.97 Å². The number of rotatable bonds is 3. The van der Waals surface area contributed by atoms with Gasteiger partial charge in [-0.05, 0) is 30.5 Å². The van der Waals surface area contributed by atoms with Crippen LogP contribution in [-0.2, 0) is 10.2 Å². The summed E-state index contributed by atoms with van der Waals surface area (Å²) >= 11 is 0. The molecule has 0 heterocycles. The van der Waals surface area contributed by atoms with E-state index < -0.39 is 17.5 Å². The van der Waals surface area contributed by atoms with Crippen molar-refractivity contribution in [3.63, 3.8) is 0 Å². The Hall–Kier alpha value is -1.55. The first kappa shape index (κ1) is 12.9. The zero-order valence-electron chi connectivity index (χ0n) is 10.4. The second-order valence-electron chi connectivity index (χ2n) is 4.77. The lowest BCUT2D eigenvalue weighted by Gasteiger charge is -2.38. The van der Waals surface area contributed by atoms with Crippen molar-refractivity contribution in [1.29, 1.82) is 0 Å². The molecule has 1 aliphatic carbocycles. The first-order valence-corrected chi connectivity index (χ1v) is 6.17. The fraction of sp³-hybridized carbons (Fsp3) is 0.500. The van der Waals surface area contributed by atoms with Crippen LogP contribution in [0.3, 0.4) is 0 Å². The summed E-state index contributed by atoms with van der Waals surface area (Å²) in [4.78, 5) is 11.7. The Balaban J connectivity index is 2.42. The number of carbonyl (C=O) groups is 1. The van der Waals surface area contributed by atoms with Crippen molar-refractivity contribution in [2.75, 3.05) is 7.11 Å². The van der Waals surface area contributed by atoms with Gasteiger partial charge in [-0.1, -0.05) is 25.0 Å². The molecule has 4 heteroatoms. The highest BCUT2D eigenvalue weighted by Crippen LogP contribution is 2.40. The molecule has 2 atom stereocenters. The maximum absolute atomic E-state index is 11.7. The molecule has 0 spiro atoms. The molecule has 0 unspecified atom stereocenters. The summed E-state index contributed by atoms with van der Waals surface area (Å²) < 4.78 is 5.07. The topological polar surface area (TPSA) is 66.8 Å². The summed E-state index contributed by atoms with van der Waals surface area (Å²) in [6, 6.07) is 6.95. The molecule has 0 bridgehead atoms. The summed E-state index contributed by atoms with van der Waals surface area (Å²) in [5.74, 6) is -0.260. The Morgan fingerprint density at radius 1 is 1.33 bits per heavy atom. The van der Waals surface area contributed by atoms with Crippen molar-refractivity contribution in [1.82, 2.24) is 0 Å². The molecule has 2 N–H and O–H groups in total. The molecule has 0 amide bonds. The van der Waals surface area contributed by atoms with E-state index >= 15 is 0 Å². The first-order chi connectivity index (χ1) is 8.61. The third-order valence-corrected chi connectivity index (χ3v) is 3.85. The number of hydrogen-bond acceptors (Lipinski definition) is 3. The van der Waals surface area contributed by atoms with Gasteiger partial charge in [0.15, 0.2) is 0 Å². The van der Waals surface area contributed by atoms with Crippen LogP contribution in [0.5, 0.6) is 5.75 Å². The van der Waals surface area contributed by atoms with Crippen LogP contribution in [0.1, 0.15) is 31.2 Å². The van der Waals surface area contributed by atoms with Gasteiger partial charge in [0.1, 0.15) is 11.2 Å². The van der Waals surface area contributed by atoms with Crippen LogP contribution in [0.15, 0.2) is 24.3 Å². The van der Waals surface area contributed by atoms with E-state index in [-0.39, 0.29) is 0 Å². The van der Waals surface area contributed by atoms with Crippen LogP contribution in [0.25, 0.3) is 0 Å². The predicted molar refractivity (Wildman–Crippen MR) is 66.8 cm³/mol. The highest BCUT2D eigenvalue weighted by atomic mass is 16.5. The molecule has 1 aromatic rings. The quantitative estimate of drug-likeness (QED) is 0.860. The molecular weight excluding hydrogens is 232 g/mol. The molecular formula is C14H18O4. The average molecular weight is 250 g/mol. The molecule has 0 aliphatic heterocycles. The van der Waals surface area contributed by atoms with E-state index in [1.807, 2.05) is 0 Å². The van der Waals surface area contributed by atoms with Gasteiger partial charge in [-0.15, -0.1) is 0 Å². The van der Waals surface area contributed by atoms with E-state index in [1.165, 1.54) is 0 Å². The number of aliphatic carboxylic acids is 1. The number of methoxy groups -OCH3 is 1. The van der Waals surface area contributed by atoms with Gasteiger partial charge in [0.25, 0.3) is 0 Å². The van der Waals surface area contributed by atoms with Crippen LogP contribution in [-0.4, -0.2) is 29.4 Å². The van der Waals surface area contributed by atoms with Gasteiger partial charge in [-0.2, -0.15) is 0 Å². The lowest BCUT2D eigenvalue weighted by molar-refractivity contribution is -0.151. The summed E-state index contributed by atoms with van der Waals surface area (Å²) in [6.45, 7) is 0. The monoisotopic (exact) mass is 250 g/mol. The summed E-state index contributed by atoms with van der Waals surface area (Å²) in [7, 11) is 1.57. The number of carboxylic acid groups (broad SMARTS) is 1. The zero-order chi connectivity index (χ0) is 13.2. The Morgan fingerprint density at radius 3 is 2.50 bits per heavy atom. The van der Waals surface area contributed by atoms with Crippen molar-refractivity contribution >= 4 is 5.97 Å². The molecule has 2 rings (SSSR count). The van der Waals surface area contributed by atoms with Gasteiger partial charge in [0.2, 0.25) is 0 Å². The third kappa shape index (κ3) is 1.97. The molecule has 0 radical (unpaired) electrons. The lowest BCUT2D eigenvalue weighted by atomic mass is 9.67. The second kappa shape index (κ2) is 4.98. The molecule has 1 aromatic carbocycles. The number of aliphatic hydroxyl groups excluding tert-OH is 1. The number of ether oxygens (including phenoxy) is 1. The molecule has 18 heavy (non-hydrogen) atoms. The van der Waals surface area contributed by atoms with Crippen molar-refractivity contribution in [2.45, 2.75) is 37.2 Å². The first-order valence-electron chi connectivity index (χ1n) is 6.17. The van der Waals surface area contributed by atoms with Gasteiger partial charge in [0.05, 0.1) is 13.2 Å². The molecule has 98 valence electrons. The largest absolute Gasteiger partial charge is 0.497 e. The number of benzene rings is 1. The highest BCUT2D eigenvalue weighted by Gasteiger charge is 2.48. The Kier molecular flexibility index (Phi) is 3.57. The molecule has 0 saturated heterocycles. The highest BCUT2D eigenvalue weighted by molar-refractivity contribution is 5.82. The zero-order valence-corrected chi connectivity index (χ0v) is 10.4. The van der Waals surface area contributed by atoms with Crippen molar-refractivity contribution < 1.29 is 19.7 Å². The van der Waals surface area contributed by atoms with Crippen molar-refractivity contribution in [3.8, 4) is 5.75 Å². The minimum Gasteiger partial charge on any atom is -0.497 e. The van der Waals surface area contributed by atoms with Crippen LogP contribution < -0.4 is 4.74 Å². The Morgan fingerprint density at radius 2 is 2.00 bits per heavy atom. The maximum atomic E-state index is 11.7. The maximum Gasteiger partial charge on any atom is 0.316 e. The van der Waals surface area contributed by atoms with Crippen LogP contribution >= 0.6 is 0 Å². The molecule has 1 aliphatic rings. The molecule has 1 saturated carbocycles. The van der Waals surface area contributed by atoms with E-state index in [1.54, 1.807) is 31.4 Å². The lowest BCUT2D eigenvalue weighted by Crippen LogP contribution is -2.48. The van der Waals surface area contributed by atoms with Gasteiger partial charge < -0.3 is 14.9 Å². The summed E-state index contributed by atoms with van der Waals surface area (Å²) in [5, 5.41) is 19.7. The van der Waals surface area contributed by atoms with Gasteiger partial charge in [0, 0.05) is 0 Å². The second-order valence-corrected chi connectivity index (χ2v) is 4.77. The third-order valence-electron chi connectivity index (χ3n) is 3.85. The Labute approximate surface area is 106 Å². The molecule has 0 aromatic heterocycles. The standard InChI is InChI=1S/C14H18O4/c1-18-11-7-5-10(6-8-11)14(13(16)17)9-3-2-4-12(14)15/h5-8,12,15H,2-4,9H2,1H3,(H,16,17)/t12-,14+/m1/s1. The summed E-state index contributed by atoms with van der Waals surface area (Å²) in [5.41, 5.74) is -0.507. The van der Waals surface area contributed by atoms with E-state index in [2.05, 4.69) is 0 Å². The predicted octanol–water partition coefficient (Wildman–Crippen LogP) is 1.95. The Bertz CT molecular complexity index is 426. The number of hydrogen-bond donors (Lipinski definition) is 2. The minimum absolute atomic E-state index is 0.482. The van der Waals surface area contributed by atoms with E-state index in [0.717, 1.165) is 12.8 Å². The van der Waals surface area contributed by atoms with Crippen LogP contribution in [0, 0.1) is 0 Å². The molecule has 1 fully saturated rings. The fourth-order valence-electron chi connectivity index (χ4n) is 2.75. The average Bonchev–Trinajstić information content (AvgIpc) is 2.39. The van der Waals surface area contributed by atoms with Crippen molar-refractivity contribution in [3.05, 3.63) is 29.8 Å². The van der Waals surface area contributed by atoms with E-state index in [9.17, 15) is 15.0 Å². The summed E-state index contributed by atoms with van der Waals surface area (Å²) in [6.07, 6.45) is 1.91. The minimum atomic E-state index is -1.16. The SMILES string of the molecule is COc1ccc([C@@]2(C(=O)O)CCCC[C@H]2O)cc1. The van der Waals surface area contributed by atoms with Crippen LogP contribution in [0.2, 0.25) is 0 Å². The normalized spacial score (nSPS) is 27.8. The van der Waals surface area contributed by atoms with Crippen molar-refractivity contribution in [2.24, 2.45) is 0 Å². The van der Waals surface area contributed by atoms with Gasteiger partial charge in [-0.25, -0.2) is 0 Å². The smallest absolute Gasteiger partial charge is 0.316 e. The fourth-order valence-corrected chi connectivity index (χ4v) is 2.75. The number of carboxylic acids is 1. The van der Waals surface area contributed by atoms with E-state index in [4.69, 9.17) is 4.74 Å². The van der Waals surface area contributed by atoms with Crippen LogP contribution in [0.4, 0.5) is 0 Å². The number of aliphatic hydroxyl groups is 1. The molecule has 4 nitrogen and oxygen atoms in total. The van der Waals surface area contributed by atoms with Gasteiger partial charge in [-0.3, -0.25) is 4.79 Å².